The maximum Gasteiger partial charge on any atom is 3.00 e. The van der Waals surface area contributed by atoms with Crippen LogP contribution in [0.3, 0.4) is 0 Å². The maximum atomic E-state index is 5.39. The molecule has 0 fully saturated rings. The second kappa shape index (κ2) is 17.7. The van der Waals surface area contributed by atoms with Gasteiger partial charge in [0.25, 0.3) is 0 Å². The second-order valence-corrected chi connectivity index (χ2v) is 4.60. The Morgan fingerprint density at radius 2 is 1.27 bits per heavy atom. The van der Waals surface area contributed by atoms with Crippen molar-refractivity contribution in [3.8, 4) is 0 Å². The van der Waals surface area contributed by atoms with Gasteiger partial charge >= 0.3 is 21.7 Å². The molecule has 0 atom stereocenters. The van der Waals surface area contributed by atoms with Crippen LogP contribution in [0.1, 0.15) is 13.8 Å². The van der Waals surface area contributed by atoms with Crippen LogP contribution in [-0.2, 0) is 26.1 Å². The minimum Gasteiger partial charge on any atom is -1.00 e. The van der Waals surface area contributed by atoms with E-state index < -0.39 is 9.04 Å². The summed E-state index contributed by atoms with van der Waals surface area (Å²) in [5, 5.41) is 0. The van der Waals surface area contributed by atoms with Crippen LogP contribution in [0.2, 0.25) is 13.1 Å². The van der Waals surface area contributed by atoms with E-state index in [0.717, 1.165) is 0 Å². The van der Waals surface area contributed by atoms with E-state index in [-0.39, 0.29) is 58.9 Å². The van der Waals surface area contributed by atoms with E-state index in [9.17, 15) is 0 Å². The summed E-state index contributed by atoms with van der Waals surface area (Å²) in [6, 6.07) is 0. The number of hydrogen-bond acceptors (Lipinski definition) is 1. The summed E-state index contributed by atoms with van der Waals surface area (Å²) in [6.07, 6.45) is 0.437. The van der Waals surface area contributed by atoms with Gasteiger partial charge in [0.05, 0.1) is 0 Å². The molecule has 0 aliphatic carbocycles. The largest absolute Gasteiger partial charge is 3.00 e. The van der Waals surface area contributed by atoms with E-state index in [0.29, 0.717) is 6.10 Å². The van der Waals surface area contributed by atoms with Crippen LogP contribution in [0.5, 0.6) is 0 Å². The molecule has 0 heterocycles. The van der Waals surface area contributed by atoms with Gasteiger partial charge in [0.1, 0.15) is 0 Å². The summed E-state index contributed by atoms with van der Waals surface area (Å²) in [7, 11) is -0.728. The summed E-state index contributed by atoms with van der Waals surface area (Å²) in [5.41, 5.74) is 0. The first-order chi connectivity index (χ1) is 3.13. The zero-order valence-corrected chi connectivity index (χ0v) is 12.2. The Morgan fingerprint density at radius 3 is 1.27 bits per heavy atom. The fourth-order valence-corrected chi connectivity index (χ4v) is 1.63. The standard InChI is InChI=1S/C5H14OSi.3ClH.Ti/c1-5(2)6-7(3)4;;;;/h5,7H,1-4H3;3*1H;/q;;;;+3/p-3. The normalized spacial score (nSPS) is 7.09. The first-order valence-electron chi connectivity index (χ1n) is 2.78. The van der Waals surface area contributed by atoms with Crippen LogP contribution in [-0.4, -0.2) is 15.1 Å². The average Bonchev–Trinajstić information content (AvgIpc) is 1.27. The van der Waals surface area contributed by atoms with Gasteiger partial charge in [-0.05, 0) is 26.9 Å². The fourth-order valence-electron chi connectivity index (χ4n) is 0.544. The van der Waals surface area contributed by atoms with Gasteiger partial charge in [-0.2, -0.15) is 0 Å². The summed E-state index contributed by atoms with van der Waals surface area (Å²) >= 11 is 0. The Balaban J connectivity index is -0.0000000300. The van der Waals surface area contributed by atoms with E-state index in [1.165, 1.54) is 0 Å². The van der Waals surface area contributed by atoms with Crippen molar-refractivity contribution in [3.05, 3.63) is 0 Å². The third-order valence-corrected chi connectivity index (χ3v) is 1.63. The molecule has 0 bridgehead atoms. The molecule has 0 aliphatic heterocycles. The molecule has 6 heteroatoms. The third kappa shape index (κ3) is 33.8. The molecule has 0 aromatic rings. The van der Waals surface area contributed by atoms with Crippen LogP contribution in [0.4, 0.5) is 0 Å². The van der Waals surface area contributed by atoms with Crippen LogP contribution >= 0.6 is 0 Å². The van der Waals surface area contributed by atoms with E-state index in [1.54, 1.807) is 0 Å². The molecular weight excluding hydrogens is 258 g/mol. The molecule has 0 aromatic carbocycles. The predicted molar refractivity (Wildman–Crippen MR) is 35.1 cm³/mol. The topological polar surface area (TPSA) is 9.23 Å². The third-order valence-electron chi connectivity index (χ3n) is 0.544. The van der Waals surface area contributed by atoms with Crippen molar-refractivity contribution in [1.82, 2.24) is 0 Å². The van der Waals surface area contributed by atoms with Gasteiger partial charge in [-0.25, -0.2) is 0 Å². The van der Waals surface area contributed by atoms with Crippen molar-refractivity contribution in [2.45, 2.75) is 33.0 Å². The molecule has 0 spiro atoms. The van der Waals surface area contributed by atoms with Crippen LogP contribution in [0.15, 0.2) is 0 Å². The Hall–Kier alpha value is 1.76. The summed E-state index contributed by atoms with van der Waals surface area (Å²) < 4.78 is 5.39. The van der Waals surface area contributed by atoms with Crippen molar-refractivity contribution >= 4 is 9.04 Å². The van der Waals surface area contributed by atoms with E-state index in [1.807, 2.05) is 0 Å². The van der Waals surface area contributed by atoms with Crippen LogP contribution in [0.25, 0.3) is 0 Å². The van der Waals surface area contributed by atoms with Gasteiger partial charge in [-0.3, -0.25) is 0 Å². The SMILES string of the molecule is CC(C)O[SiH](C)C.[Cl-].[Cl-].[Cl-].[Ti+3]. The van der Waals surface area contributed by atoms with Gasteiger partial charge in [0, 0.05) is 6.10 Å². The van der Waals surface area contributed by atoms with Gasteiger partial charge in [-0.15, -0.1) is 0 Å². The molecule has 0 N–H and O–H groups in total. The van der Waals surface area contributed by atoms with E-state index in [4.69, 9.17) is 4.43 Å². The Bertz CT molecular complexity index is 51.0. The van der Waals surface area contributed by atoms with Crippen LogP contribution < -0.4 is 37.2 Å². The van der Waals surface area contributed by atoms with Crippen LogP contribution in [0, 0.1) is 0 Å². The van der Waals surface area contributed by atoms with Gasteiger partial charge in [0.15, 0.2) is 9.04 Å². The zero-order valence-electron chi connectivity index (χ0n) is 7.20. The predicted octanol–water partition coefficient (Wildman–Crippen LogP) is -7.60. The smallest absolute Gasteiger partial charge is 1.00 e. The monoisotopic (exact) mass is 271 g/mol. The minimum absolute atomic E-state index is 0. The summed E-state index contributed by atoms with van der Waals surface area (Å²) in [6.45, 7) is 8.51. The maximum absolute atomic E-state index is 5.39. The molecule has 0 aliphatic rings. The molecule has 1 radical (unpaired) electrons. The molecule has 0 amide bonds. The number of halogens is 3. The van der Waals surface area contributed by atoms with Gasteiger partial charge in [0.2, 0.25) is 0 Å². The Kier molecular flexibility index (Phi) is 47.3. The van der Waals surface area contributed by atoms with E-state index in [2.05, 4.69) is 26.9 Å². The molecular formula is C5H14Cl3OSiTi. The number of rotatable bonds is 2. The van der Waals surface area contributed by atoms with Gasteiger partial charge < -0.3 is 41.6 Å². The Labute approximate surface area is 105 Å². The minimum atomic E-state index is -0.728. The fraction of sp³-hybridized carbons (Fsp3) is 1.00. The molecule has 0 saturated heterocycles. The molecule has 0 aromatic heterocycles. The zero-order chi connectivity index (χ0) is 5.86. The number of hydrogen-bond donors (Lipinski definition) is 0. The first kappa shape index (κ1) is 29.3. The van der Waals surface area contributed by atoms with Crippen molar-refractivity contribution in [1.29, 1.82) is 0 Å². The molecule has 0 rings (SSSR count). The quantitative estimate of drug-likeness (QED) is 0.454. The summed E-state index contributed by atoms with van der Waals surface area (Å²) in [4.78, 5) is 0. The molecule has 69 valence electrons. The first-order valence-corrected chi connectivity index (χ1v) is 5.56. The summed E-state index contributed by atoms with van der Waals surface area (Å²) in [5.74, 6) is 0. The Morgan fingerprint density at radius 1 is 1.00 bits per heavy atom. The van der Waals surface area contributed by atoms with Gasteiger partial charge in [-0.1, -0.05) is 0 Å². The average molecular weight is 272 g/mol. The van der Waals surface area contributed by atoms with Crippen molar-refractivity contribution in [3.63, 3.8) is 0 Å². The molecule has 0 saturated carbocycles. The second-order valence-electron chi connectivity index (χ2n) is 2.23. The molecule has 1 nitrogen and oxygen atoms in total. The van der Waals surface area contributed by atoms with Crippen molar-refractivity contribution in [2.24, 2.45) is 0 Å². The van der Waals surface area contributed by atoms with E-state index >= 15 is 0 Å². The van der Waals surface area contributed by atoms with Crippen molar-refractivity contribution in [2.75, 3.05) is 0 Å². The van der Waals surface area contributed by atoms with Crippen molar-refractivity contribution < 1.29 is 63.4 Å². The molecule has 0 unspecified atom stereocenters. The molecule has 11 heavy (non-hydrogen) atoms.